The van der Waals surface area contributed by atoms with E-state index in [9.17, 15) is 13.6 Å². The van der Waals surface area contributed by atoms with Crippen molar-refractivity contribution in [3.05, 3.63) is 29.3 Å². The molecule has 1 unspecified atom stereocenters. The highest BCUT2D eigenvalue weighted by molar-refractivity contribution is 5.95. The maximum atomic E-state index is 13.6. The van der Waals surface area contributed by atoms with Gasteiger partial charge in [-0.2, -0.15) is 0 Å². The van der Waals surface area contributed by atoms with E-state index in [1.54, 1.807) is 0 Å². The second kappa shape index (κ2) is 6.82. The number of hydrogen-bond donors (Lipinski definition) is 2. The lowest BCUT2D eigenvalue weighted by Crippen LogP contribution is -2.47. The molecule has 0 saturated carbocycles. The number of nitrogens with two attached hydrogens (primary N) is 1. The molecule has 1 amide bonds. The Morgan fingerprint density at radius 1 is 1.48 bits per heavy atom. The number of hydrogen-bond acceptors (Lipinski definition) is 4. The Morgan fingerprint density at radius 2 is 2.24 bits per heavy atom. The SMILES string of the molecule is CCN1CCOC(CNC(=O)c2cc(N)c(F)cc2F)C1. The van der Waals surface area contributed by atoms with Crippen LogP contribution in [0.5, 0.6) is 0 Å². The normalized spacial score (nSPS) is 19.5. The van der Waals surface area contributed by atoms with E-state index in [1.165, 1.54) is 0 Å². The fraction of sp³-hybridized carbons (Fsp3) is 0.500. The number of rotatable bonds is 4. The van der Waals surface area contributed by atoms with Gasteiger partial charge in [-0.3, -0.25) is 9.69 Å². The number of amides is 1. The number of anilines is 1. The average Bonchev–Trinajstić information content (AvgIpc) is 2.48. The number of halogens is 2. The lowest BCUT2D eigenvalue weighted by molar-refractivity contribution is -0.0246. The molecule has 0 bridgehead atoms. The number of ether oxygens (including phenoxy) is 1. The molecule has 7 heteroatoms. The fourth-order valence-corrected chi connectivity index (χ4v) is 2.23. The zero-order valence-corrected chi connectivity index (χ0v) is 11.9. The van der Waals surface area contributed by atoms with Crippen LogP contribution in [-0.4, -0.2) is 49.7 Å². The molecule has 0 aliphatic carbocycles. The van der Waals surface area contributed by atoms with Gasteiger partial charge in [-0.05, 0) is 12.6 Å². The van der Waals surface area contributed by atoms with Crippen LogP contribution in [0, 0.1) is 11.6 Å². The van der Waals surface area contributed by atoms with E-state index in [0.717, 1.165) is 19.2 Å². The molecular weight excluding hydrogens is 280 g/mol. The van der Waals surface area contributed by atoms with Crippen LogP contribution in [0.4, 0.5) is 14.5 Å². The zero-order valence-electron chi connectivity index (χ0n) is 11.9. The van der Waals surface area contributed by atoms with Gasteiger partial charge in [-0.15, -0.1) is 0 Å². The predicted octanol–water partition coefficient (Wildman–Crippen LogP) is 0.997. The topological polar surface area (TPSA) is 67.6 Å². The van der Waals surface area contributed by atoms with Gasteiger partial charge in [0.05, 0.1) is 24.0 Å². The molecule has 1 heterocycles. The summed E-state index contributed by atoms with van der Waals surface area (Å²) in [6.07, 6.45) is -0.136. The number of morpholine rings is 1. The molecule has 0 radical (unpaired) electrons. The molecule has 116 valence electrons. The van der Waals surface area contributed by atoms with Crippen molar-refractivity contribution in [3.8, 4) is 0 Å². The minimum Gasteiger partial charge on any atom is -0.396 e. The summed E-state index contributed by atoms with van der Waals surface area (Å²) in [5.41, 5.74) is 4.83. The van der Waals surface area contributed by atoms with Crippen LogP contribution in [0.3, 0.4) is 0 Å². The van der Waals surface area contributed by atoms with E-state index in [1.807, 2.05) is 0 Å². The molecule has 1 fully saturated rings. The molecule has 1 saturated heterocycles. The molecule has 1 aliphatic heterocycles. The summed E-state index contributed by atoms with van der Waals surface area (Å²) in [5.74, 6) is -2.44. The maximum Gasteiger partial charge on any atom is 0.254 e. The lowest BCUT2D eigenvalue weighted by Gasteiger charge is -2.32. The van der Waals surface area contributed by atoms with E-state index in [0.29, 0.717) is 19.2 Å². The molecule has 3 N–H and O–H groups in total. The number of carbonyl (C=O) groups is 1. The van der Waals surface area contributed by atoms with Gasteiger partial charge in [0.15, 0.2) is 0 Å². The first-order valence-corrected chi connectivity index (χ1v) is 6.88. The Balaban J connectivity index is 1.94. The third-order valence-electron chi connectivity index (χ3n) is 3.49. The number of benzene rings is 1. The van der Waals surface area contributed by atoms with Gasteiger partial charge in [0, 0.05) is 25.7 Å². The van der Waals surface area contributed by atoms with Gasteiger partial charge in [-0.25, -0.2) is 8.78 Å². The van der Waals surface area contributed by atoms with Crippen molar-refractivity contribution in [3.63, 3.8) is 0 Å². The Labute approximate surface area is 122 Å². The largest absolute Gasteiger partial charge is 0.396 e. The molecule has 1 aliphatic rings. The van der Waals surface area contributed by atoms with Gasteiger partial charge < -0.3 is 15.8 Å². The first-order chi connectivity index (χ1) is 10.0. The monoisotopic (exact) mass is 299 g/mol. The predicted molar refractivity (Wildman–Crippen MR) is 75.0 cm³/mol. The summed E-state index contributed by atoms with van der Waals surface area (Å²) < 4.78 is 32.2. The van der Waals surface area contributed by atoms with Gasteiger partial charge in [-0.1, -0.05) is 6.92 Å². The van der Waals surface area contributed by atoms with Gasteiger partial charge >= 0.3 is 0 Å². The molecular formula is C14H19F2N3O2. The van der Waals surface area contributed by atoms with E-state index >= 15 is 0 Å². The van der Waals surface area contributed by atoms with Crippen LogP contribution in [0.2, 0.25) is 0 Å². The van der Waals surface area contributed by atoms with Crippen molar-refractivity contribution in [1.82, 2.24) is 10.2 Å². The van der Waals surface area contributed by atoms with Crippen LogP contribution in [0.15, 0.2) is 12.1 Å². The Hall–Kier alpha value is -1.73. The molecule has 0 spiro atoms. The Morgan fingerprint density at radius 3 is 2.95 bits per heavy atom. The Bertz CT molecular complexity index is 525. The average molecular weight is 299 g/mol. The third kappa shape index (κ3) is 3.89. The molecule has 1 aromatic rings. The van der Waals surface area contributed by atoms with Crippen LogP contribution in [-0.2, 0) is 4.74 Å². The summed E-state index contributed by atoms with van der Waals surface area (Å²) >= 11 is 0. The molecule has 5 nitrogen and oxygen atoms in total. The van der Waals surface area contributed by atoms with Crippen molar-refractivity contribution in [2.24, 2.45) is 0 Å². The second-order valence-electron chi connectivity index (χ2n) is 4.95. The smallest absolute Gasteiger partial charge is 0.254 e. The standard InChI is InChI=1S/C14H19F2N3O2/c1-2-19-3-4-21-9(8-19)7-18-14(20)10-5-13(17)12(16)6-11(10)15/h5-6,9H,2-4,7-8,17H2,1H3,(H,18,20). The second-order valence-corrected chi connectivity index (χ2v) is 4.95. The van der Waals surface area contributed by atoms with Crippen LogP contribution in [0.1, 0.15) is 17.3 Å². The highest BCUT2D eigenvalue weighted by atomic mass is 19.1. The van der Waals surface area contributed by atoms with Crippen LogP contribution < -0.4 is 11.1 Å². The zero-order chi connectivity index (χ0) is 15.4. The van der Waals surface area contributed by atoms with E-state index in [-0.39, 0.29) is 23.9 Å². The molecule has 0 aromatic heterocycles. The summed E-state index contributed by atoms with van der Waals surface area (Å²) in [5, 5.41) is 2.59. The van der Waals surface area contributed by atoms with Gasteiger partial charge in [0.25, 0.3) is 5.91 Å². The van der Waals surface area contributed by atoms with Crippen molar-refractivity contribution < 1.29 is 18.3 Å². The number of nitrogens with zero attached hydrogens (tertiary/aromatic N) is 1. The highest BCUT2D eigenvalue weighted by Gasteiger charge is 2.21. The van der Waals surface area contributed by atoms with E-state index < -0.39 is 17.5 Å². The minimum absolute atomic E-state index is 0.136. The highest BCUT2D eigenvalue weighted by Crippen LogP contribution is 2.16. The van der Waals surface area contributed by atoms with Crippen LogP contribution in [0.25, 0.3) is 0 Å². The van der Waals surface area contributed by atoms with Gasteiger partial charge in [0.1, 0.15) is 11.6 Å². The quantitative estimate of drug-likeness (QED) is 0.814. The molecule has 2 rings (SSSR count). The van der Waals surface area contributed by atoms with E-state index in [2.05, 4.69) is 17.1 Å². The number of nitrogen functional groups attached to an aromatic ring is 1. The van der Waals surface area contributed by atoms with Crippen LogP contribution >= 0.6 is 0 Å². The van der Waals surface area contributed by atoms with Gasteiger partial charge in [0.2, 0.25) is 0 Å². The minimum atomic E-state index is -0.932. The number of nitrogens with one attached hydrogen (secondary N) is 1. The fourth-order valence-electron chi connectivity index (χ4n) is 2.23. The molecule has 1 atom stereocenters. The first-order valence-electron chi connectivity index (χ1n) is 6.88. The summed E-state index contributed by atoms with van der Waals surface area (Å²) in [6.45, 7) is 5.42. The summed E-state index contributed by atoms with van der Waals surface area (Å²) in [7, 11) is 0. The van der Waals surface area contributed by atoms with Crippen molar-refractivity contribution in [2.75, 3.05) is 38.5 Å². The third-order valence-corrected chi connectivity index (χ3v) is 3.49. The first kappa shape index (κ1) is 15.7. The number of likely N-dealkylation sites (N-methyl/N-ethyl adjacent to an activating group) is 1. The van der Waals surface area contributed by atoms with Crippen molar-refractivity contribution >= 4 is 11.6 Å². The summed E-state index contributed by atoms with van der Waals surface area (Å²) in [4.78, 5) is 14.1. The number of carbonyl (C=O) groups excluding carboxylic acids is 1. The molecule has 21 heavy (non-hydrogen) atoms. The summed E-state index contributed by atoms with van der Waals surface area (Å²) in [6, 6.07) is 1.61. The lowest BCUT2D eigenvalue weighted by atomic mass is 10.1. The molecule has 1 aromatic carbocycles. The van der Waals surface area contributed by atoms with Crippen molar-refractivity contribution in [1.29, 1.82) is 0 Å². The maximum absolute atomic E-state index is 13.6. The Kier molecular flexibility index (Phi) is 5.08. The van der Waals surface area contributed by atoms with E-state index in [4.69, 9.17) is 10.5 Å². The van der Waals surface area contributed by atoms with Crippen molar-refractivity contribution in [2.45, 2.75) is 13.0 Å².